The molecule has 0 aliphatic rings. The summed E-state index contributed by atoms with van der Waals surface area (Å²) in [7, 11) is 1.40. The summed E-state index contributed by atoms with van der Waals surface area (Å²) in [5.41, 5.74) is 0. The van der Waals surface area contributed by atoms with Crippen molar-refractivity contribution in [3.63, 3.8) is 0 Å². The molecule has 1 aromatic rings. The number of carbonyl (C=O) groups is 2. The summed E-state index contributed by atoms with van der Waals surface area (Å²) in [5.74, 6) is -1.35. The third kappa shape index (κ3) is 2.54. The number of carbonyl (C=O) groups excluding carboxylic acids is 1. The number of hydrogen-bond donors (Lipinski definition) is 1. The number of nitrogens with zero attached hydrogens (tertiary/aromatic N) is 1. The summed E-state index contributed by atoms with van der Waals surface area (Å²) in [6.07, 6.45) is 0. The molecule has 1 N–H and O–H groups in total. The molecule has 0 atom stereocenters. The molecule has 0 aliphatic carbocycles. The van der Waals surface area contributed by atoms with Gasteiger partial charge in [-0.05, 0) is 19.1 Å². The number of hydrogen-bond acceptors (Lipinski definition) is 4. The molecule has 15 heavy (non-hydrogen) atoms. The summed E-state index contributed by atoms with van der Waals surface area (Å²) in [6, 6.07) is 2.89. The highest BCUT2D eigenvalue weighted by atomic mass is 32.1. The predicted molar refractivity (Wildman–Crippen MR) is 55.0 cm³/mol. The molecular formula is C9H11NO4S. The molecule has 0 fully saturated rings. The topological polar surface area (TPSA) is 66.8 Å². The van der Waals surface area contributed by atoms with Crippen LogP contribution in [0.3, 0.4) is 0 Å². The predicted octanol–water partition coefficient (Wildman–Crippen LogP) is 1.47. The van der Waals surface area contributed by atoms with Crippen LogP contribution < -0.4 is 0 Å². The van der Waals surface area contributed by atoms with Crippen molar-refractivity contribution in [1.82, 2.24) is 5.06 Å². The van der Waals surface area contributed by atoms with Crippen LogP contribution in [0.4, 0.5) is 0 Å². The Labute approximate surface area is 90.8 Å². The molecule has 0 radical (unpaired) electrons. The first-order chi connectivity index (χ1) is 7.10. The summed E-state index contributed by atoms with van der Waals surface area (Å²) in [4.78, 5) is 27.6. The molecule has 6 heteroatoms. The van der Waals surface area contributed by atoms with Crippen LogP contribution in [-0.4, -0.2) is 35.7 Å². The molecule has 1 heterocycles. The van der Waals surface area contributed by atoms with Gasteiger partial charge < -0.3 is 5.11 Å². The van der Waals surface area contributed by atoms with Crippen molar-refractivity contribution in [2.45, 2.75) is 6.92 Å². The van der Waals surface area contributed by atoms with Crippen molar-refractivity contribution in [3.05, 3.63) is 21.9 Å². The van der Waals surface area contributed by atoms with Gasteiger partial charge >= 0.3 is 5.97 Å². The fourth-order valence-electron chi connectivity index (χ4n) is 1.05. The number of aromatic carboxylic acids is 1. The Morgan fingerprint density at radius 1 is 1.47 bits per heavy atom. The maximum Gasteiger partial charge on any atom is 0.345 e. The van der Waals surface area contributed by atoms with E-state index in [-0.39, 0.29) is 10.8 Å². The largest absolute Gasteiger partial charge is 0.477 e. The molecule has 0 unspecified atom stereocenters. The number of hydroxylamine groups is 2. The third-order valence-electron chi connectivity index (χ3n) is 1.76. The number of carboxylic acid groups (broad SMARTS) is 1. The van der Waals surface area contributed by atoms with E-state index in [1.54, 1.807) is 6.92 Å². The van der Waals surface area contributed by atoms with Crippen molar-refractivity contribution < 1.29 is 19.5 Å². The second-order valence-corrected chi connectivity index (χ2v) is 3.74. The Hall–Kier alpha value is -1.40. The van der Waals surface area contributed by atoms with Gasteiger partial charge in [0.25, 0.3) is 5.91 Å². The minimum absolute atomic E-state index is 0.144. The zero-order valence-corrected chi connectivity index (χ0v) is 9.21. The Balaban J connectivity index is 2.86. The minimum atomic E-state index is -1.03. The van der Waals surface area contributed by atoms with Gasteiger partial charge in [-0.25, -0.2) is 9.86 Å². The van der Waals surface area contributed by atoms with Gasteiger partial charge in [0.05, 0.1) is 12.0 Å². The lowest BCUT2D eigenvalue weighted by atomic mass is 10.4. The van der Waals surface area contributed by atoms with Gasteiger partial charge in [0.15, 0.2) is 0 Å². The lowest BCUT2D eigenvalue weighted by Gasteiger charge is -2.15. The first-order valence-corrected chi connectivity index (χ1v) is 5.11. The molecule has 0 saturated heterocycles. The lowest BCUT2D eigenvalue weighted by Crippen LogP contribution is -2.28. The van der Waals surface area contributed by atoms with Crippen LogP contribution in [-0.2, 0) is 4.84 Å². The normalized spacial score (nSPS) is 10.0. The standard InChI is InChI=1S/C9H11NO4S/c1-3-10(14-2)8(11)6-4-5-7(15-6)9(12)13/h4-5H,3H2,1-2H3,(H,12,13). The average molecular weight is 229 g/mol. The second-order valence-electron chi connectivity index (χ2n) is 2.65. The van der Waals surface area contributed by atoms with Gasteiger partial charge in [0, 0.05) is 6.54 Å². The number of carboxylic acids is 1. The number of thiophene rings is 1. The van der Waals surface area contributed by atoms with E-state index < -0.39 is 5.97 Å². The summed E-state index contributed by atoms with van der Waals surface area (Å²) in [6.45, 7) is 2.18. The Bertz CT molecular complexity index is 370. The molecule has 5 nitrogen and oxygen atoms in total. The van der Waals surface area contributed by atoms with E-state index in [4.69, 9.17) is 9.94 Å². The fourth-order valence-corrected chi connectivity index (χ4v) is 1.83. The highest BCUT2D eigenvalue weighted by molar-refractivity contribution is 7.15. The van der Waals surface area contributed by atoms with E-state index in [0.29, 0.717) is 11.4 Å². The van der Waals surface area contributed by atoms with E-state index >= 15 is 0 Å². The Kier molecular flexibility index (Phi) is 3.81. The zero-order chi connectivity index (χ0) is 11.4. The fraction of sp³-hybridized carbons (Fsp3) is 0.333. The Morgan fingerprint density at radius 3 is 2.47 bits per heavy atom. The van der Waals surface area contributed by atoms with Gasteiger partial charge in [0.2, 0.25) is 0 Å². The van der Waals surface area contributed by atoms with Gasteiger partial charge in [-0.15, -0.1) is 11.3 Å². The second kappa shape index (κ2) is 4.90. The van der Waals surface area contributed by atoms with Crippen LogP contribution in [0.5, 0.6) is 0 Å². The van der Waals surface area contributed by atoms with Crippen molar-refractivity contribution >= 4 is 23.2 Å². The monoisotopic (exact) mass is 229 g/mol. The molecule has 0 aliphatic heterocycles. The van der Waals surface area contributed by atoms with Crippen LogP contribution in [0.25, 0.3) is 0 Å². The molecular weight excluding hydrogens is 218 g/mol. The molecule has 1 amide bonds. The van der Waals surface area contributed by atoms with Crippen LogP contribution in [0.15, 0.2) is 12.1 Å². The third-order valence-corrected chi connectivity index (χ3v) is 2.82. The Morgan fingerprint density at radius 2 is 2.07 bits per heavy atom. The van der Waals surface area contributed by atoms with E-state index in [0.717, 1.165) is 16.4 Å². The van der Waals surface area contributed by atoms with Crippen molar-refractivity contribution in [2.24, 2.45) is 0 Å². The lowest BCUT2D eigenvalue weighted by molar-refractivity contribution is -0.0912. The smallest absolute Gasteiger partial charge is 0.345 e. The molecule has 82 valence electrons. The maximum absolute atomic E-state index is 11.7. The van der Waals surface area contributed by atoms with Crippen LogP contribution >= 0.6 is 11.3 Å². The summed E-state index contributed by atoms with van der Waals surface area (Å²) in [5, 5.41) is 9.85. The quantitative estimate of drug-likeness (QED) is 0.794. The molecule has 0 aromatic carbocycles. The highest BCUT2D eigenvalue weighted by Crippen LogP contribution is 2.18. The number of amides is 1. The molecule has 0 spiro atoms. The van der Waals surface area contributed by atoms with Gasteiger partial charge in [-0.1, -0.05) is 0 Å². The van der Waals surface area contributed by atoms with Crippen molar-refractivity contribution in [3.8, 4) is 0 Å². The first kappa shape index (κ1) is 11.7. The molecule has 0 saturated carbocycles. The molecule has 0 bridgehead atoms. The van der Waals surface area contributed by atoms with Crippen LogP contribution in [0.1, 0.15) is 26.3 Å². The first-order valence-electron chi connectivity index (χ1n) is 4.29. The summed E-state index contributed by atoms with van der Waals surface area (Å²) >= 11 is 0.937. The SMILES string of the molecule is CCN(OC)C(=O)c1ccc(C(=O)O)s1. The minimum Gasteiger partial charge on any atom is -0.477 e. The van der Waals surface area contributed by atoms with E-state index in [2.05, 4.69) is 0 Å². The van der Waals surface area contributed by atoms with Gasteiger partial charge in [0.1, 0.15) is 4.88 Å². The average Bonchev–Trinajstić information content (AvgIpc) is 2.68. The molecule has 1 aromatic heterocycles. The van der Waals surface area contributed by atoms with E-state index in [9.17, 15) is 9.59 Å². The van der Waals surface area contributed by atoms with Gasteiger partial charge in [-0.2, -0.15) is 0 Å². The van der Waals surface area contributed by atoms with E-state index in [1.807, 2.05) is 0 Å². The van der Waals surface area contributed by atoms with Crippen LogP contribution in [0.2, 0.25) is 0 Å². The molecule has 1 rings (SSSR count). The van der Waals surface area contributed by atoms with Crippen LogP contribution in [0, 0.1) is 0 Å². The van der Waals surface area contributed by atoms with Gasteiger partial charge in [-0.3, -0.25) is 9.63 Å². The zero-order valence-electron chi connectivity index (χ0n) is 8.39. The van der Waals surface area contributed by atoms with E-state index in [1.165, 1.54) is 19.2 Å². The maximum atomic E-state index is 11.7. The number of rotatable bonds is 4. The highest BCUT2D eigenvalue weighted by Gasteiger charge is 2.17. The summed E-state index contributed by atoms with van der Waals surface area (Å²) < 4.78 is 0. The van der Waals surface area contributed by atoms with Crippen molar-refractivity contribution in [2.75, 3.05) is 13.7 Å². The van der Waals surface area contributed by atoms with Crippen molar-refractivity contribution in [1.29, 1.82) is 0 Å².